The van der Waals surface area contributed by atoms with Gasteiger partial charge in [-0.15, -0.1) is 0 Å². The van der Waals surface area contributed by atoms with Crippen LogP contribution in [0.5, 0.6) is 0 Å². The van der Waals surface area contributed by atoms with Crippen LogP contribution in [0.3, 0.4) is 0 Å². The SMILES string of the molecule is Cc1ccc(C(=O)NC2CC3CC2C2CCCC32)cc1N. The molecule has 0 aromatic heterocycles. The van der Waals surface area contributed by atoms with Crippen molar-refractivity contribution in [3.05, 3.63) is 29.3 Å². The zero-order valence-electron chi connectivity index (χ0n) is 12.6. The van der Waals surface area contributed by atoms with Crippen LogP contribution in [0.1, 0.15) is 48.0 Å². The van der Waals surface area contributed by atoms with Crippen LogP contribution in [0.4, 0.5) is 5.69 Å². The number of carbonyl (C=O) groups excluding carboxylic acids is 1. The number of aryl methyl sites for hydroxylation is 1. The molecule has 112 valence electrons. The summed E-state index contributed by atoms with van der Waals surface area (Å²) in [5.74, 6) is 3.51. The van der Waals surface area contributed by atoms with Crippen LogP contribution in [-0.4, -0.2) is 11.9 Å². The first kappa shape index (κ1) is 13.2. The van der Waals surface area contributed by atoms with Crippen molar-refractivity contribution in [2.24, 2.45) is 23.7 Å². The molecule has 3 N–H and O–H groups in total. The summed E-state index contributed by atoms with van der Waals surface area (Å²) in [6.07, 6.45) is 6.75. The zero-order valence-corrected chi connectivity index (χ0v) is 12.6. The van der Waals surface area contributed by atoms with E-state index in [0.717, 1.165) is 29.2 Å². The van der Waals surface area contributed by atoms with E-state index in [-0.39, 0.29) is 5.91 Å². The second kappa shape index (κ2) is 4.75. The molecule has 3 aliphatic carbocycles. The lowest BCUT2D eigenvalue weighted by Crippen LogP contribution is -2.42. The van der Waals surface area contributed by atoms with E-state index in [2.05, 4.69) is 5.32 Å². The van der Waals surface area contributed by atoms with Crippen molar-refractivity contribution >= 4 is 11.6 Å². The van der Waals surface area contributed by atoms with Gasteiger partial charge < -0.3 is 11.1 Å². The van der Waals surface area contributed by atoms with Crippen LogP contribution in [0.25, 0.3) is 0 Å². The molecule has 4 rings (SSSR count). The fourth-order valence-electron chi connectivity index (χ4n) is 5.27. The molecule has 0 radical (unpaired) electrons. The highest BCUT2D eigenvalue weighted by Crippen LogP contribution is 2.58. The van der Waals surface area contributed by atoms with Crippen LogP contribution in [0.2, 0.25) is 0 Å². The molecule has 21 heavy (non-hydrogen) atoms. The van der Waals surface area contributed by atoms with Crippen LogP contribution >= 0.6 is 0 Å². The lowest BCUT2D eigenvalue weighted by molar-refractivity contribution is 0.0901. The van der Waals surface area contributed by atoms with Crippen LogP contribution in [0.15, 0.2) is 18.2 Å². The Balaban J connectivity index is 1.47. The average molecular weight is 284 g/mol. The Morgan fingerprint density at radius 2 is 2.00 bits per heavy atom. The number of hydrogen-bond donors (Lipinski definition) is 2. The number of nitrogens with one attached hydrogen (secondary N) is 1. The Bertz CT molecular complexity index is 583. The number of hydrogen-bond acceptors (Lipinski definition) is 2. The number of carbonyl (C=O) groups is 1. The van der Waals surface area contributed by atoms with Gasteiger partial charge in [0, 0.05) is 17.3 Å². The Morgan fingerprint density at radius 1 is 1.19 bits per heavy atom. The monoisotopic (exact) mass is 284 g/mol. The quantitative estimate of drug-likeness (QED) is 0.820. The van der Waals surface area contributed by atoms with Crippen LogP contribution in [0, 0.1) is 30.6 Å². The maximum Gasteiger partial charge on any atom is 0.251 e. The number of benzene rings is 1. The van der Waals surface area contributed by atoms with Crippen molar-refractivity contribution in [3.63, 3.8) is 0 Å². The predicted octanol–water partition coefficient (Wildman–Crippen LogP) is 3.13. The molecular formula is C18H24N2O. The summed E-state index contributed by atoms with van der Waals surface area (Å²) in [6, 6.07) is 6.00. The molecular weight excluding hydrogens is 260 g/mol. The summed E-state index contributed by atoms with van der Waals surface area (Å²) in [4.78, 5) is 12.5. The topological polar surface area (TPSA) is 55.1 Å². The standard InChI is InChI=1S/C18H24N2O/c1-10-5-6-11(8-16(10)19)18(21)20-17-9-12-7-15(17)14-4-2-3-13(12)14/h5-6,8,12-15,17H,2-4,7,9,19H2,1H3,(H,20,21). The highest BCUT2D eigenvalue weighted by molar-refractivity contribution is 5.95. The summed E-state index contributed by atoms with van der Waals surface area (Å²) in [6.45, 7) is 1.97. The number of nitrogens with two attached hydrogens (primary N) is 1. The lowest BCUT2D eigenvalue weighted by atomic mass is 9.79. The molecule has 0 spiro atoms. The number of amides is 1. The molecule has 1 amide bonds. The Hall–Kier alpha value is -1.51. The van der Waals surface area contributed by atoms with Gasteiger partial charge in [-0.05, 0) is 74.0 Å². The molecule has 5 atom stereocenters. The van der Waals surface area contributed by atoms with Crippen molar-refractivity contribution in [2.75, 3.05) is 5.73 Å². The molecule has 2 bridgehead atoms. The number of anilines is 1. The van der Waals surface area contributed by atoms with E-state index in [1.165, 1.54) is 32.1 Å². The first-order valence-corrected chi connectivity index (χ1v) is 8.30. The van der Waals surface area contributed by atoms with E-state index in [0.29, 0.717) is 17.3 Å². The van der Waals surface area contributed by atoms with E-state index in [9.17, 15) is 4.79 Å². The number of rotatable bonds is 2. The van der Waals surface area contributed by atoms with E-state index < -0.39 is 0 Å². The van der Waals surface area contributed by atoms with Gasteiger partial charge in [-0.3, -0.25) is 4.79 Å². The third kappa shape index (κ3) is 2.05. The molecule has 3 saturated carbocycles. The van der Waals surface area contributed by atoms with Crippen molar-refractivity contribution in [3.8, 4) is 0 Å². The summed E-state index contributed by atoms with van der Waals surface area (Å²) in [5, 5.41) is 3.29. The normalized spacial score (nSPS) is 36.7. The second-order valence-electron chi connectivity index (χ2n) is 7.31. The maximum absolute atomic E-state index is 12.5. The second-order valence-corrected chi connectivity index (χ2v) is 7.31. The van der Waals surface area contributed by atoms with E-state index >= 15 is 0 Å². The van der Waals surface area contributed by atoms with Crippen LogP contribution in [-0.2, 0) is 0 Å². The molecule has 3 aliphatic rings. The zero-order chi connectivity index (χ0) is 14.6. The minimum atomic E-state index is 0.0498. The van der Waals surface area contributed by atoms with Gasteiger partial charge in [-0.1, -0.05) is 12.5 Å². The van der Waals surface area contributed by atoms with E-state index in [1.807, 2.05) is 19.1 Å². The third-order valence-electron chi connectivity index (χ3n) is 6.29. The fraction of sp³-hybridized carbons (Fsp3) is 0.611. The Labute approximate surface area is 126 Å². The first-order chi connectivity index (χ1) is 10.1. The molecule has 0 aliphatic heterocycles. The Morgan fingerprint density at radius 3 is 2.81 bits per heavy atom. The molecule has 3 heteroatoms. The molecule has 3 fully saturated rings. The van der Waals surface area contributed by atoms with Gasteiger partial charge in [-0.25, -0.2) is 0 Å². The van der Waals surface area contributed by atoms with Crippen molar-refractivity contribution in [1.29, 1.82) is 0 Å². The molecule has 5 unspecified atom stereocenters. The fourth-order valence-corrected chi connectivity index (χ4v) is 5.27. The van der Waals surface area contributed by atoms with Gasteiger partial charge in [0.05, 0.1) is 0 Å². The van der Waals surface area contributed by atoms with Crippen molar-refractivity contribution in [2.45, 2.75) is 45.1 Å². The summed E-state index contributed by atoms with van der Waals surface area (Å²) >= 11 is 0. The van der Waals surface area contributed by atoms with E-state index in [4.69, 9.17) is 5.73 Å². The summed E-state index contributed by atoms with van der Waals surface area (Å²) < 4.78 is 0. The average Bonchev–Trinajstić information content (AvgIpc) is 3.13. The van der Waals surface area contributed by atoms with Crippen LogP contribution < -0.4 is 11.1 Å². The summed E-state index contributed by atoms with van der Waals surface area (Å²) in [7, 11) is 0. The van der Waals surface area contributed by atoms with Crippen molar-refractivity contribution < 1.29 is 4.79 Å². The first-order valence-electron chi connectivity index (χ1n) is 8.30. The lowest BCUT2D eigenvalue weighted by Gasteiger charge is -2.32. The maximum atomic E-state index is 12.5. The van der Waals surface area contributed by atoms with E-state index in [1.54, 1.807) is 6.07 Å². The third-order valence-corrected chi connectivity index (χ3v) is 6.29. The van der Waals surface area contributed by atoms with Gasteiger partial charge >= 0.3 is 0 Å². The van der Waals surface area contributed by atoms with Crippen molar-refractivity contribution in [1.82, 2.24) is 5.32 Å². The number of fused-ring (bicyclic) bond motifs is 5. The van der Waals surface area contributed by atoms with Gasteiger partial charge in [0.15, 0.2) is 0 Å². The van der Waals surface area contributed by atoms with Gasteiger partial charge in [-0.2, -0.15) is 0 Å². The minimum absolute atomic E-state index is 0.0498. The van der Waals surface area contributed by atoms with Gasteiger partial charge in [0.1, 0.15) is 0 Å². The minimum Gasteiger partial charge on any atom is -0.398 e. The Kier molecular flexibility index (Phi) is 2.98. The molecule has 0 saturated heterocycles. The molecule has 1 aromatic rings. The molecule has 1 aromatic carbocycles. The molecule has 3 nitrogen and oxygen atoms in total. The predicted molar refractivity (Wildman–Crippen MR) is 83.9 cm³/mol. The smallest absolute Gasteiger partial charge is 0.251 e. The highest BCUT2D eigenvalue weighted by atomic mass is 16.1. The number of nitrogen functional groups attached to an aromatic ring is 1. The highest BCUT2D eigenvalue weighted by Gasteiger charge is 2.54. The van der Waals surface area contributed by atoms with Gasteiger partial charge in [0.25, 0.3) is 5.91 Å². The summed E-state index contributed by atoms with van der Waals surface area (Å²) in [5.41, 5.74) is 8.34. The molecule has 0 heterocycles. The largest absolute Gasteiger partial charge is 0.398 e. The van der Waals surface area contributed by atoms with Gasteiger partial charge in [0.2, 0.25) is 0 Å².